The lowest BCUT2D eigenvalue weighted by atomic mass is 10.1. The molecule has 1 fully saturated rings. The predicted molar refractivity (Wildman–Crippen MR) is 74.1 cm³/mol. The van der Waals surface area contributed by atoms with E-state index in [9.17, 15) is 22.8 Å². The monoisotopic (exact) mass is 334 g/mol. The lowest BCUT2D eigenvalue weighted by Crippen LogP contribution is -2.42. The summed E-state index contributed by atoms with van der Waals surface area (Å²) in [6, 6.07) is 2.96. The zero-order valence-corrected chi connectivity index (χ0v) is 12.5. The molecule has 0 aliphatic carbocycles. The highest BCUT2D eigenvalue weighted by Gasteiger charge is 2.35. The van der Waals surface area contributed by atoms with Gasteiger partial charge in [-0.15, -0.1) is 0 Å². The number of carbonyl (C=O) groups excluding carboxylic acids is 2. The van der Waals surface area contributed by atoms with Crippen molar-refractivity contribution in [3.05, 3.63) is 34.3 Å². The van der Waals surface area contributed by atoms with Gasteiger partial charge < -0.3 is 10.2 Å². The normalized spacial score (nSPS) is 18.7. The summed E-state index contributed by atoms with van der Waals surface area (Å²) in [6.07, 6.45) is -3.86. The van der Waals surface area contributed by atoms with E-state index in [1.807, 2.05) is 0 Å². The molecule has 1 atom stereocenters. The fourth-order valence-corrected chi connectivity index (χ4v) is 2.65. The van der Waals surface area contributed by atoms with Gasteiger partial charge in [0.1, 0.15) is 6.04 Å². The molecular weight excluding hydrogens is 321 g/mol. The summed E-state index contributed by atoms with van der Waals surface area (Å²) in [6.45, 7) is -0.125. The Bertz CT molecular complexity index is 604. The zero-order chi connectivity index (χ0) is 16.5. The number of rotatable bonds is 3. The Morgan fingerprint density at radius 3 is 2.68 bits per heavy atom. The van der Waals surface area contributed by atoms with Crippen LogP contribution in [0.25, 0.3) is 0 Å². The van der Waals surface area contributed by atoms with Crippen LogP contribution in [0, 0.1) is 0 Å². The number of likely N-dealkylation sites (N-methyl/N-ethyl adjacent to an activating group) is 1. The standard InChI is InChI=1S/C14H14ClF3N2O2/c1-20-10(5-6-11(20)21)13(22)19-7-8-3-2-4-9(12(8)15)14(16,17)18/h2-4,10H,5-7H2,1H3,(H,19,22). The molecule has 0 spiro atoms. The molecule has 1 aliphatic rings. The number of halogens is 4. The molecule has 1 N–H and O–H groups in total. The van der Waals surface area contributed by atoms with Crippen molar-refractivity contribution in [1.82, 2.24) is 10.2 Å². The molecule has 4 nitrogen and oxygen atoms in total. The Morgan fingerprint density at radius 1 is 1.45 bits per heavy atom. The molecular formula is C14H14ClF3N2O2. The molecule has 8 heteroatoms. The molecule has 2 amide bonds. The van der Waals surface area contributed by atoms with E-state index in [4.69, 9.17) is 11.6 Å². The maximum Gasteiger partial charge on any atom is 0.417 e. The number of hydrogen-bond acceptors (Lipinski definition) is 2. The fraction of sp³-hybridized carbons (Fsp3) is 0.429. The van der Waals surface area contributed by atoms with Crippen molar-refractivity contribution in [2.24, 2.45) is 0 Å². The first-order valence-corrected chi connectivity index (χ1v) is 6.97. The number of benzene rings is 1. The van der Waals surface area contributed by atoms with E-state index >= 15 is 0 Å². The summed E-state index contributed by atoms with van der Waals surface area (Å²) in [5.74, 6) is -0.529. The van der Waals surface area contributed by atoms with E-state index in [2.05, 4.69) is 5.32 Å². The van der Waals surface area contributed by atoms with Crippen LogP contribution in [0.4, 0.5) is 13.2 Å². The number of amides is 2. The van der Waals surface area contributed by atoms with Crippen LogP contribution in [0.3, 0.4) is 0 Å². The van der Waals surface area contributed by atoms with Gasteiger partial charge in [-0.1, -0.05) is 23.7 Å². The first-order chi connectivity index (χ1) is 10.2. The fourth-order valence-electron chi connectivity index (χ4n) is 2.35. The van der Waals surface area contributed by atoms with Gasteiger partial charge in [0.25, 0.3) is 0 Å². The highest BCUT2D eigenvalue weighted by atomic mass is 35.5. The smallest absolute Gasteiger partial charge is 0.350 e. The molecule has 120 valence electrons. The van der Waals surface area contributed by atoms with Gasteiger partial charge in [-0.3, -0.25) is 9.59 Å². The van der Waals surface area contributed by atoms with Gasteiger partial charge in [0.2, 0.25) is 11.8 Å². The van der Waals surface area contributed by atoms with Gasteiger partial charge in [0.15, 0.2) is 0 Å². The minimum atomic E-state index is -4.55. The van der Waals surface area contributed by atoms with Crippen molar-refractivity contribution in [3.8, 4) is 0 Å². The van der Waals surface area contributed by atoms with E-state index in [1.165, 1.54) is 24.1 Å². The SMILES string of the molecule is CN1C(=O)CCC1C(=O)NCc1cccc(C(F)(F)F)c1Cl. The third-order valence-corrected chi connectivity index (χ3v) is 4.08. The van der Waals surface area contributed by atoms with Gasteiger partial charge >= 0.3 is 6.18 Å². The molecule has 1 aliphatic heterocycles. The van der Waals surface area contributed by atoms with Crippen LogP contribution in [0.2, 0.25) is 5.02 Å². The van der Waals surface area contributed by atoms with E-state index in [0.29, 0.717) is 12.8 Å². The van der Waals surface area contributed by atoms with E-state index in [1.54, 1.807) is 0 Å². The van der Waals surface area contributed by atoms with Crippen LogP contribution in [0.1, 0.15) is 24.0 Å². The second-order valence-electron chi connectivity index (χ2n) is 5.05. The van der Waals surface area contributed by atoms with Crippen LogP contribution in [0.5, 0.6) is 0 Å². The zero-order valence-electron chi connectivity index (χ0n) is 11.7. The van der Waals surface area contributed by atoms with Crippen LogP contribution in [-0.2, 0) is 22.3 Å². The molecule has 2 rings (SSSR count). The third kappa shape index (κ3) is 3.35. The van der Waals surface area contributed by atoms with Gasteiger partial charge in [0, 0.05) is 20.0 Å². The molecule has 0 radical (unpaired) electrons. The number of likely N-dealkylation sites (tertiary alicyclic amines) is 1. The van der Waals surface area contributed by atoms with Crippen molar-refractivity contribution in [3.63, 3.8) is 0 Å². The topological polar surface area (TPSA) is 49.4 Å². The van der Waals surface area contributed by atoms with E-state index in [0.717, 1.165) is 6.07 Å². The summed E-state index contributed by atoms with van der Waals surface area (Å²) < 4.78 is 38.3. The molecule has 0 bridgehead atoms. The minimum Gasteiger partial charge on any atom is -0.350 e. The lowest BCUT2D eigenvalue weighted by Gasteiger charge is -2.19. The number of alkyl halides is 3. The highest BCUT2D eigenvalue weighted by molar-refractivity contribution is 6.32. The predicted octanol–water partition coefficient (Wildman–Crippen LogP) is 2.60. The molecule has 22 heavy (non-hydrogen) atoms. The van der Waals surface area contributed by atoms with Gasteiger partial charge in [-0.25, -0.2) is 0 Å². The molecule has 0 aromatic heterocycles. The Kier molecular flexibility index (Phi) is 4.65. The van der Waals surface area contributed by atoms with Crippen LogP contribution in [0.15, 0.2) is 18.2 Å². The molecule has 1 heterocycles. The molecule has 1 unspecified atom stereocenters. The summed E-state index contributed by atoms with van der Waals surface area (Å²) in [7, 11) is 1.52. The maximum atomic E-state index is 12.8. The summed E-state index contributed by atoms with van der Waals surface area (Å²) in [5, 5.41) is 2.10. The number of nitrogens with one attached hydrogen (secondary N) is 1. The number of carbonyl (C=O) groups is 2. The van der Waals surface area contributed by atoms with Crippen molar-refractivity contribution in [1.29, 1.82) is 0 Å². The maximum absolute atomic E-state index is 12.8. The van der Waals surface area contributed by atoms with E-state index in [-0.39, 0.29) is 18.0 Å². The van der Waals surface area contributed by atoms with Gasteiger partial charge in [-0.2, -0.15) is 13.2 Å². The summed E-state index contributed by atoms with van der Waals surface area (Å²) >= 11 is 5.75. The Morgan fingerprint density at radius 2 is 2.14 bits per heavy atom. The molecule has 1 aromatic carbocycles. The minimum absolute atomic E-state index is 0.125. The average Bonchev–Trinajstić information content (AvgIpc) is 2.76. The molecule has 1 saturated heterocycles. The van der Waals surface area contributed by atoms with Crippen molar-refractivity contribution < 1.29 is 22.8 Å². The first-order valence-electron chi connectivity index (χ1n) is 6.59. The third-order valence-electron chi connectivity index (χ3n) is 3.63. The Hall–Kier alpha value is -1.76. The van der Waals surface area contributed by atoms with Gasteiger partial charge in [0.05, 0.1) is 10.6 Å². The summed E-state index contributed by atoms with van der Waals surface area (Å²) in [5.41, 5.74) is -0.758. The van der Waals surface area contributed by atoms with Crippen LogP contribution >= 0.6 is 11.6 Å². The van der Waals surface area contributed by atoms with E-state index < -0.39 is 28.7 Å². The largest absolute Gasteiger partial charge is 0.417 e. The second-order valence-corrected chi connectivity index (χ2v) is 5.43. The average molecular weight is 335 g/mol. The Labute approximate surface area is 130 Å². The lowest BCUT2D eigenvalue weighted by molar-refractivity contribution is -0.137. The highest BCUT2D eigenvalue weighted by Crippen LogP contribution is 2.36. The first kappa shape index (κ1) is 16.6. The second kappa shape index (κ2) is 6.16. The molecule has 0 saturated carbocycles. The Balaban J connectivity index is 2.06. The van der Waals surface area contributed by atoms with Crippen LogP contribution < -0.4 is 5.32 Å². The van der Waals surface area contributed by atoms with Crippen LogP contribution in [-0.4, -0.2) is 29.8 Å². The quantitative estimate of drug-likeness (QED) is 0.923. The van der Waals surface area contributed by atoms with Crippen molar-refractivity contribution >= 4 is 23.4 Å². The van der Waals surface area contributed by atoms with Gasteiger partial charge in [-0.05, 0) is 18.1 Å². The summed E-state index contributed by atoms with van der Waals surface area (Å²) in [4.78, 5) is 24.7. The van der Waals surface area contributed by atoms with Crippen molar-refractivity contribution in [2.75, 3.05) is 7.05 Å². The molecule has 1 aromatic rings. The number of hydrogen-bond donors (Lipinski definition) is 1. The number of nitrogens with zero attached hydrogens (tertiary/aromatic N) is 1. The van der Waals surface area contributed by atoms with Crippen molar-refractivity contribution in [2.45, 2.75) is 31.6 Å².